The number of aliphatic hydroxyl groups is 1. The van der Waals surface area contributed by atoms with Crippen LogP contribution in [0.2, 0.25) is 0 Å². The standard InChI is InChI=1S/C37H35NO6/c1-3-42-32-22-27(14-17-31(32)43-23-26-12-8-5-9-13-26)34-33(35(39)28-15-16-30-29(21-28)20-24(2)44-30)36(40)37(41)38(34)19-18-25-10-6-4-7-11-25/h4-17,21-22,24,34,39H,3,18-20,23H2,1-2H3/t24-,34+/m1/s1. The molecule has 0 aliphatic carbocycles. The van der Waals surface area contributed by atoms with Gasteiger partial charge < -0.3 is 24.2 Å². The van der Waals surface area contributed by atoms with E-state index in [0.717, 1.165) is 22.4 Å². The highest BCUT2D eigenvalue weighted by Gasteiger charge is 2.46. The highest BCUT2D eigenvalue weighted by molar-refractivity contribution is 6.46. The zero-order valence-corrected chi connectivity index (χ0v) is 24.9. The molecule has 1 fully saturated rings. The van der Waals surface area contributed by atoms with Gasteiger partial charge in [-0.3, -0.25) is 9.59 Å². The normalized spacial score (nSPS) is 18.6. The quantitative estimate of drug-likeness (QED) is 0.127. The van der Waals surface area contributed by atoms with E-state index in [1.54, 1.807) is 29.2 Å². The van der Waals surface area contributed by atoms with Gasteiger partial charge in [-0.1, -0.05) is 66.7 Å². The van der Waals surface area contributed by atoms with Crippen molar-refractivity contribution in [2.75, 3.05) is 13.2 Å². The molecule has 4 aromatic carbocycles. The molecule has 2 aliphatic rings. The Labute approximate surface area is 257 Å². The maximum absolute atomic E-state index is 13.7. The van der Waals surface area contributed by atoms with E-state index in [1.807, 2.05) is 86.6 Å². The molecule has 0 aromatic heterocycles. The molecule has 44 heavy (non-hydrogen) atoms. The van der Waals surface area contributed by atoms with Crippen molar-refractivity contribution in [2.24, 2.45) is 0 Å². The van der Waals surface area contributed by atoms with Crippen LogP contribution in [0.1, 0.15) is 47.7 Å². The minimum atomic E-state index is -0.815. The number of carbonyl (C=O) groups is 2. The molecule has 1 N–H and O–H groups in total. The van der Waals surface area contributed by atoms with Crippen LogP contribution in [0.15, 0.2) is 103 Å². The van der Waals surface area contributed by atoms with Crippen LogP contribution in [0.5, 0.6) is 17.2 Å². The molecule has 0 radical (unpaired) electrons. The van der Waals surface area contributed by atoms with Gasteiger partial charge in [-0.15, -0.1) is 0 Å². The van der Waals surface area contributed by atoms with Crippen molar-refractivity contribution in [2.45, 2.75) is 45.4 Å². The lowest BCUT2D eigenvalue weighted by molar-refractivity contribution is -0.139. The van der Waals surface area contributed by atoms with E-state index in [-0.39, 0.29) is 17.4 Å². The summed E-state index contributed by atoms with van der Waals surface area (Å²) in [6.45, 7) is 4.92. The number of amides is 1. The number of fused-ring (bicyclic) bond motifs is 1. The second-order valence-corrected chi connectivity index (χ2v) is 11.1. The van der Waals surface area contributed by atoms with E-state index in [4.69, 9.17) is 14.2 Å². The first kappa shape index (κ1) is 29.1. The van der Waals surface area contributed by atoms with Crippen molar-refractivity contribution in [3.05, 3.63) is 130 Å². The minimum Gasteiger partial charge on any atom is -0.507 e. The summed E-state index contributed by atoms with van der Waals surface area (Å²) in [6, 6.07) is 29.7. The molecule has 1 amide bonds. The largest absolute Gasteiger partial charge is 0.507 e. The monoisotopic (exact) mass is 589 g/mol. The Balaban J connectivity index is 1.40. The maximum Gasteiger partial charge on any atom is 0.295 e. The fourth-order valence-corrected chi connectivity index (χ4v) is 5.89. The summed E-state index contributed by atoms with van der Waals surface area (Å²) in [5.74, 6) is 0.245. The number of likely N-dealkylation sites (tertiary alicyclic amines) is 1. The first-order valence-corrected chi connectivity index (χ1v) is 15.0. The molecule has 4 aromatic rings. The van der Waals surface area contributed by atoms with Crippen LogP contribution < -0.4 is 14.2 Å². The zero-order valence-electron chi connectivity index (χ0n) is 24.9. The molecule has 0 spiro atoms. The molecule has 7 heteroatoms. The number of Topliss-reactive ketones (excluding diaryl/α,β-unsaturated/α-hetero) is 1. The van der Waals surface area contributed by atoms with Crippen molar-refractivity contribution >= 4 is 17.4 Å². The second-order valence-electron chi connectivity index (χ2n) is 11.1. The summed E-state index contributed by atoms with van der Waals surface area (Å²) in [5, 5.41) is 11.7. The van der Waals surface area contributed by atoms with Crippen LogP contribution >= 0.6 is 0 Å². The third-order valence-electron chi connectivity index (χ3n) is 8.01. The first-order valence-electron chi connectivity index (χ1n) is 15.0. The third-order valence-corrected chi connectivity index (χ3v) is 8.01. The van der Waals surface area contributed by atoms with Gasteiger partial charge in [0.25, 0.3) is 11.7 Å². The third kappa shape index (κ3) is 5.91. The Hall–Kier alpha value is -5.04. The molecule has 224 valence electrons. The number of ether oxygens (including phenoxy) is 3. The average Bonchev–Trinajstić information content (AvgIpc) is 3.54. The summed E-state index contributed by atoms with van der Waals surface area (Å²) < 4.78 is 17.9. The van der Waals surface area contributed by atoms with Gasteiger partial charge in [0.15, 0.2) is 11.5 Å². The van der Waals surface area contributed by atoms with Crippen molar-refractivity contribution in [3.63, 3.8) is 0 Å². The number of ketones is 1. The van der Waals surface area contributed by atoms with Crippen LogP contribution in [0.3, 0.4) is 0 Å². The lowest BCUT2D eigenvalue weighted by atomic mass is 9.94. The van der Waals surface area contributed by atoms with Gasteiger partial charge in [-0.25, -0.2) is 0 Å². The van der Waals surface area contributed by atoms with E-state index < -0.39 is 17.7 Å². The predicted octanol–water partition coefficient (Wildman–Crippen LogP) is 6.65. The molecule has 0 unspecified atom stereocenters. The van der Waals surface area contributed by atoms with Crippen molar-refractivity contribution < 1.29 is 28.9 Å². The molecule has 6 rings (SSSR count). The van der Waals surface area contributed by atoms with Gasteiger partial charge in [0.1, 0.15) is 24.2 Å². The molecular weight excluding hydrogens is 554 g/mol. The lowest BCUT2D eigenvalue weighted by Crippen LogP contribution is -2.31. The fourth-order valence-electron chi connectivity index (χ4n) is 5.89. The SMILES string of the molecule is CCOc1cc([C@H]2C(=C(O)c3ccc4c(c3)C[C@@H](C)O4)C(=O)C(=O)N2CCc2ccccc2)ccc1OCc1ccccc1. The van der Waals surface area contributed by atoms with E-state index in [1.165, 1.54) is 0 Å². The van der Waals surface area contributed by atoms with E-state index >= 15 is 0 Å². The highest BCUT2D eigenvalue weighted by atomic mass is 16.5. The number of rotatable bonds is 10. The Morgan fingerprint density at radius 3 is 2.34 bits per heavy atom. The highest BCUT2D eigenvalue weighted by Crippen LogP contribution is 2.43. The van der Waals surface area contributed by atoms with Crippen molar-refractivity contribution in [3.8, 4) is 17.2 Å². The minimum absolute atomic E-state index is 0.0329. The number of hydrogen-bond donors (Lipinski definition) is 1. The van der Waals surface area contributed by atoms with Crippen LogP contribution in [0.4, 0.5) is 0 Å². The summed E-state index contributed by atoms with van der Waals surface area (Å²) in [5.41, 5.74) is 4.18. The topological polar surface area (TPSA) is 85.3 Å². The van der Waals surface area contributed by atoms with E-state index in [9.17, 15) is 14.7 Å². The molecule has 7 nitrogen and oxygen atoms in total. The number of aliphatic hydroxyl groups excluding tert-OH is 1. The number of benzene rings is 4. The van der Waals surface area contributed by atoms with Crippen LogP contribution in [0, 0.1) is 0 Å². The van der Waals surface area contributed by atoms with Gasteiger partial charge in [-0.05, 0) is 72.9 Å². The predicted molar refractivity (Wildman–Crippen MR) is 168 cm³/mol. The molecule has 0 bridgehead atoms. The Morgan fingerprint density at radius 2 is 1.61 bits per heavy atom. The number of carbonyl (C=O) groups excluding carboxylic acids is 2. The van der Waals surface area contributed by atoms with Gasteiger partial charge in [-0.2, -0.15) is 0 Å². The summed E-state index contributed by atoms with van der Waals surface area (Å²) in [6.07, 6.45) is 1.29. The fraction of sp³-hybridized carbons (Fsp3) is 0.243. The number of nitrogens with zero attached hydrogens (tertiary/aromatic N) is 1. The molecule has 0 saturated carbocycles. The van der Waals surface area contributed by atoms with Crippen molar-refractivity contribution in [1.29, 1.82) is 0 Å². The van der Waals surface area contributed by atoms with Gasteiger partial charge >= 0.3 is 0 Å². The number of hydrogen-bond acceptors (Lipinski definition) is 6. The Bertz CT molecular complexity index is 1700. The zero-order chi connectivity index (χ0) is 30.6. The Kier molecular flexibility index (Phi) is 8.37. The second kappa shape index (κ2) is 12.7. The van der Waals surface area contributed by atoms with Gasteiger partial charge in [0, 0.05) is 18.5 Å². The van der Waals surface area contributed by atoms with Gasteiger partial charge in [0.2, 0.25) is 0 Å². The molecular formula is C37H35NO6. The first-order chi connectivity index (χ1) is 21.4. The molecule has 2 aliphatic heterocycles. The molecule has 2 heterocycles. The summed E-state index contributed by atoms with van der Waals surface area (Å²) in [7, 11) is 0. The van der Waals surface area contributed by atoms with Crippen LogP contribution in [-0.4, -0.2) is 41.0 Å². The van der Waals surface area contributed by atoms with E-state index in [2.05, 4.69) is 0 Å². The summed E-state index contributed by atoms with van der Waals surface area (Å²) >= 11 is 0. The Morgan fingerprint density at radius 1 is 0.886 bits per heavy atom. The van der Waals surface area contributed by atoms with Crippen LogP contribution in [0.25, 0.3) is 5.76 Å². The maximum atomic E-state index is 13.7. The molecule has 2 atom stereocenters. The van der Waals surface area contributed by atoms with Crippen LogP contribution in [-0.2, 0) is 29.0 Å². The summed E-state index contributed by atoms with van der Waals surface area (Å²) in [4.78, 5) is 28.8. The van der Waals surface area contributed by atoms with Crippen molar-refractivity contribution in [1.82, 2.24) is 4.90 Å². The van der Waals surface area contributed by atoms with E-state index in [0.29, 0.717) is 55.2 Å². The lowest BCUT2D eigenvalue weighted by Gasteiger charge is -2.26. The smallest absolute Gasteiger partial charge is 0.295 e. The molecule has 1 saturated heterocycles. The average molecular weight is 590 g/mol. The van der Waals surface area contributed by atoms with Gasteiger partial charge in [0.05, 0.1) is 18.2 Å².